The highest BCUT2D eigenvalue weighted by Gasteiger charge is 2.09. The first-order chi connectivity index (χ1) is 12.5. The molecule has 0 aliphatic heterocycles. The minimum atomic E-state index is 0. The summed E-state index contributed by atoms with van der Waals surface area (Å²) in [6.07, 6.45) is 1.93. The number of aryl methyl sites for hydroxylation is 3. The van der Waals surface area contributed by atoms with E-state index < -0.39 is 0 Å². The Bertz CT molecular complexity index is 724. The Labute approximate surface area is 179 Å². The molecule has 2 aromatic rings. The monoisotopic (exact) mass is 486 g/mol. The second-order valence-corrected chi connectivity index (χ2v) is 6.30. The van der Waals surface area contributed by atoms with Crippen molar-refractivity contribution in [2.24, 2.45) is 4.99 Å². The topological polar surface area (TPSA) is 71.7 Å². The predicted molar refractivity (Wildman–Crippen MR) is 120 cm³/mol. The maximum atomic E-state index is 5.73. The SMILES string of the molecule is CCOc1cc(C)ccc1CNC(=NC)NCCCc1c(C)noc1C.I. The zero-order valence-electron chi connectivity index (χ0n) is 16.9. The van der Waals surface area contributed by atoms with Crippen LogP contribution < -0.4 is 15.4 Å². The van der Waals surface area contributed by atoms with Crippen LogP contribution in [0.3, 0.4) is 0 Å². The molecule has 6 nitrogen and oxygen atoms in total. The van der Waals surface area contributed by atoms with E-state index in [-0.39, 0.29) is 24.0 Å². The van der Waals surface area contributed by atoms with Gasteiger partial charge in [-0.15, -0.1) is 24.0 Å². The Kier molecular flexibility index (Phi) is 10.2. The van der Waals surface area contributed by atoms with Crippen molar-refractivity contribution in [2.75, 3.05) is 20.2 Å². The van der Waals surface area contributed by atoms with Gasteiger partial charge in [0.1, 0.15) is 11.5 Å². The van der Waals surface area contributed by atoms with Crippen molar-refractivity contribution < 1.29 is 9.26 Å². The summed E-state index contributed by atoms with van der Waals surface area (Å²) in [7, 11) is 1.78. The minimum Gasteiger partial charge on any atom is -0.494 e. The van der Waals surface area contributed by atoms with Gasteiger partial charge in [-0.3, -0.25) is 4.99 Å². The highest BCUT2D eigenvalue weighted by molar-refractivity contribution is 14.0. The van der Waals surface area contributed by atoms with E-state index in [0.717, 1.165) is 48.1 Å². The van der Waals surface area contributed by atoms with Gasteiger partial charge in [0.05, 0.1) is 12.3 Å². The normalized spacial score (nSPS) is 11.1. The molecule has 27 heavy (non-hydrogen) atoms. The Morgan fingerprint density at radius 3 is 2.63 bits per heavy atom. The molecule has 0 aliphatic rings. The van der Waals surface area contributed by atoms with Gasteiger partial charge in [0, 0.05) is 31.3 Å². The number of hydrogen-bond donors (Lipinski definition) is 2. The molecule has 0 unspecified atom stereocenters. The molecule has 0 radical (unpaired) electrons. The molecule has 0 aliphatic carbocycles. The van der Waals surface area contributed by atoms with E-state index in [4.69, 9.17) is 9.26 Å². The van der Waals surface area contributed by atoms with Crippen molar-refractivity contribution in [3.63, 3.8) is 0 Å². The first kappa shape index (κ1) is 23.3. The summed E-state index contributed by atoms with van der Waals surface area (Å²) in [5, 5.41) is 10.7. The minimum absolute atomic E-state index is 0. The number of rotatable bonds is 8. The Morgan fingerprint density at radius 1 is 1.22 bits per heavy atom. The van der Waals surface area contributed by atoms with Crippen LogP contribution >= 0.6 is 24.0 Å². The summed E-state index contributed by atoms with van der Waals surface area (Å²) >= 11 is 0. The molecule has 1 aromatic carbocycles. The van der Waals surface area contributed by atoms with E-state index in [0.29, 0.717) is 13.2 Å². The third-order valence-corrected chi connectivity index (χ3v) is 4.27. The largest absolute Gasteiger partial charge is 0.494 e. The van der Waals surface area contributed by atoms with Crippen LogP contribution in [0, 0.1) is 20.8 Å². The van der Waals surface area contributed by atoms with E-state index >= 15 is 0 Å². The molecule has 0 saturated carbocycles. The molecule has 1 heterocycles. The van der Waals surface area contributed by atoms with Gasteiger partial charge >= 0.3 is 0 Å². The van der Waals surface area contributed by atoms with Gasteiger partial charge in [0.2, 0.25) is 0 Å². The fourth-order valence-corrected chi connectivity index (χ4v) is 2.83. The molecule has 2 N–H and O–H groups in total. The van der Waals surface area contributed by atoms with Crippen molar-refractivity contribution in [2.45, 2.75) is 47.1 Å². The average molecular weight is 486 g/mol. The molecule has 7 heteroatoms. The number of halogens is 1. The second-order valence-electron chi connectivity index (χ2n) is 6.30. The fourth-order valence-electron chi connectivity index (χ4n) is 2.83. The van der Waals surface area contributed by atoms with Gasteiger partial charge in [-0.2, -0.15) is 0 Å². The lowest BCUT2D eigenvalue weighted by atomic mass is 10.1. The zero-order valence-corrected chi connectivity index (χ0v) is 19.2. The summed E-state index contributed by atoms with van der Waals surface area (Å²) in [6.45, 7) is 10.2. The Hall–Kier alpha value is -1.77. The van der Waals surface area contributed by atoms with Gasteiger partial charge in [0.15, 0.2) is 5.96 Å². The first-order valence-corrected chi connectivity index (χ1v) is 9.13. The molecule has 2 rings (SSSR count). The van der Waals surface area contributed by atoms with Gasteiger partial charge in [-0.1, -0.05) is 17.3 Å². The highest BCUT2D eigenvalue weighted by atomic mass is 127. The van der Waals surface area contributed by atoms with Crippen molar-refractivity contribution in [3.8, 4) is 5.75 Å². The number of guanidine groups is 1. The summed E-state index contributed by atoms with van der Waals surface area (Å²) in [6, 6.07) is 6.26. The predicted octanol–water partition coefficient (Wildman–Crippen LogP) is 3.91. The van der Waals surface area contributed by atoms with Crippen LogP contribution in [0.5, 0.6) is 5.75 Å². The third-order valence-electron chi connectivity index (χ3n) is 4.27. The zero-order chi connectivity index (χ0) is 18.9. The van der Waals surface area contributed by atoms with Crippen LogP contribution in [-0.2, 0) is 13.0 Å². The molecule has 0 spiro atoms. The van der Waals surface area contributed by atoms with Crippen molar-refractivity contribution in [3.05, 3.63) is 46.3 Å². The Balaban J connectivity index is 0.00000364. The van der Waals surface area contributed by atoms with E-state index in [9.17, 15) is 0 Å². The molecular weight excluding hydrogens is 455 g/mol. The van der Waals surface area contributed by atoms with E-state index in [2.05, 4.69) is 45.9 Å². The highest BCUT2D eigenvalue weighted by Crippen LogP contribution is 2.20. The number of nitrogens with zero attached hydrogens (tertiary/aromatic N) is 2. The molecular formula is C20H31IN4O2. The second kappa shape index (κ2) is 11.8. The standard InChI is InChI=1S/C20H30N4O2.HI/c1-6-25-19-12-14(2)9-10-17(19)13-23-20(21-5)22-11-7-8-18-15(3)24-26-16(18)4;/h9-10,12H,6-8,11,13H2,1-5H3,(H2,21,22,23);1H. The molecule has 0 amide bonds. The van der Waals surface area contributed by atoms with E-state index in [1.54, 1.807) is 7.05 Å². The summed E-state index contributed by atoms with van der Waals surface area (Å²) < 4.78 is 10.9. The van der Waals surface area contributed by atoms with Crippen LogP contribution in [0.25, 0.3) is 0 Å². The number of aliphatic imine (C=N–C) groups is 1. The van der Waals surface area contributed by atoms with Crippen LogP contribution in [-0.4, -0.2) is 31.3 Å². The molecule has 1 aromatic heterocycles. The number of aromatic nitrogens is 1. The summed E-state index contributed by atoms with van der Waals surface area (Å²) in [4.78, 5) is 4.29. The van der Waals surface area contributed by atoms with Crippen LogP contribution in [0.4, 0.5) is 0 Å². The molecule has 0 saturated heterocycles. The smallest absolute Gasteiger partial charge is 0.191 e. The maximum Gasteiger partial charge on any atom is 0.191 e. The van der Waals surface area contributed by atoms with Gasteiger partial charge < -0.3 is 19.9 Å². The number of benzene rings is 1. The first-order valence-electron chi connectivity index (χ1n) is 9.13. The number of nitrogens with one attached hydrogen (secondary N) is 2. The maximum absolute atomic E-state index is 5.73. The lowest BCUT2D eigenvalue weighted by Gasteiger charge is -2.15. The average Bonchev–Trinajstić information content (AvgIpc) is 2.94. The molecule has 0 bridgehead atoms. The number of ether oxygens (including phenoxy) is 1. The molecule has 150 valence electrons. The fraction of sp³-hybridized carbons (Fsp3) is 0.500. The Morgan fingerprint density at radius 2 is 2.00 bits per heavy atom. The van der Waals surface area contributed by atoms with Crippen LogP contribution in [0.15, 0.2) is 27.7 Å². The molecule has 0 atom stereocenters. The summed E-state index contributed by atoms with van der Waals surface area (Å²) in [5.74, 6) is 2.62. The summed E-state index contributed by atoms with van der Waals surface area (Å²) in [5.41, 5.74) is 4.50. The van der Waals surface area contributed by atoms with Crippen molar-refractivity contribution in [1.29, 1.82) is 0 Å². The van der Waals surface area contributed by atoms with Gasteiger partial charge in [-0.25, -0.2) is 0 Å². The van der Waals surface area contributed by atoms with Crippen molar-refractivity contribution >= 4 is 29.9 Å². The quantitative estimate of drug-likeness (QED) is 0.256. The van der Waals surface area contributed by atoms with Crippen LogP contribution in [0.2, 0.25) is 0 Å². The van der Waals surface area contributed by atoms with Gasteiger partial charge in [0.25, 0.3) is 0 Å². The van der Waals surface area contributed by atoms with E-state index in [1.807, 2.05) is 20.8 Å². The van der Waals surface area contributed by atoms with E-state index in [1.165, 1.54) is 11.1 Å². The number of hydrogen-bond acceptors (Lipinski definition) is 4. The van der Waals surface area contributed by atoms with Crippen molar-refractivity contribution in [1.82, 2.24) is 15.8 Å². The van der Waals surface area contributed by atoms with Gasteiger partial charge in [-0.05, 0) is 52.2 Å². The molecule has 0 fully saturated rings. The van der Waals surface area contributed by atoms with Crippen LogP contribution in [0.1, 0.15) is 41.5 Å². The lowest BCUT2D eigenvalue weighted by Crippen LogP contribution is -2.37. The lowest BCUT2D eigenvalue weighted by molar-refractivity contribution is 0.336. The third kappa shape index (κ3) is 7.04.